The van der Waals surface area contributed by atoms with Crippen molar-refractivity contribution >= 4 is 72.7 Å². The van der Waals surface area contributed by atoms with Crippen LogP contribution in [0.3, 0.4) is 0 Å². The molecule has 11 aromatic rings. The minimum Gasteiger partial charge on any atom is -0.454 e. The monoisotopic (exact) mass is 743 g/mol. The van der Waals surface area contributed by atoms with Gasteiger partial charge in [0.05, 0.1) is 27.7 Å². The zero-order valence-electron chi connectivity index (χ0n) is 30.8. The summed E-state index contributed by atoms with van der Waals surface area (Å²) < 4.78 is 9.19. The van der Waals surface area contributed by atoms with Crippen LogP contribution in [0.15, 0.2) is 205 Å². The molecule has 0 saturated carbocycles. The first-order chi connectivity index (χ1) is 28.3. The van der Waals surface area contributed by atoms with Gasteiger partial charge in [-0.25, -0.2) is 9.97 Å². The summed E-state index contributed by atoms with van der Waals surface area (Å²) in [6, 6.07) is 71.8. The molecule has 0 fully saturated rings. The number of furan rings is 1. The molecule has 4 heterocycles. The molecule has 0 spiro atoms. The number of nitrogens with zero attached hydrogens (tertiary/aromatic N) is 3. The second kappa shape index (κ2) is 12.3. The van der Waals surface area contributed by atoms with Crippen molar-refractivity contribution in [2.24, 2.45) is 0 Å². The topological polar surface area (TPSA) is 43.9 Å². The molecule has 57 heavy (non-hydrogen) atoms. The average molecular weight is 744 g/mol. The van der Waals surface area contributed by atoms with Crippen molar-refractivity contribution in [3.05, 3.63) is 200 Å². The van der Waals surface area contributed by atoms with E-state index >= 15 is 0 Å². The molecule has 1 aliphatic rings. The van der Waals surface area contributed by atoms with Crippen molar-refractivity contribution in [1.82, 2.24) is 14.5 Å². The maximum Gasteiger partial charge on any atom is 0.203 e. The molecule has 4 nitrogen and oxygen atoms in total. The first-order valence-electron chi connectivity index (χ1n) is 19.4. The van der Waals surface area contributed by atoms with Crippen LogP contribution in [0.4, 0.5) is 0 Å². The molecule has 0 unspecified atom stereocenters. The molecule has 1 aliphatic heterocycles. The van der Waals surface area contributed by atoms with E-state index in [-0.39, 0.29) is 0 Å². The SMILES string of the molecule is c1ccc(-c2nc(-c3ccccc3-n3c4ccccc4c4ccc5c6ccccc6oc5c43)c3c(n2)[Si](c2ccccc2)(c2ccccc2)c2ccccc2-3)cc1. The fourth-order valence-corrected chi connectivity index (χ4v) is 14.5. The van der Waals surface area contributed by atoms with Crippen LogP contribution in [0, 0.1) is 0 Å². The van der Waals surface area contributed by atoms with Crippen molar-refractivity contribution in [2.45, 2.75) is 0 Å². The summed E-state index contributed by atoms with van der Waals surface area (Å²) in [5, 5.41) is 9.58. The van der Waals surface area contributed by atoms with Gasteiger partial charge in [0, 0.05) is 38.2 Å². The van der Waals surface area contributed by atoms with Crippen LogP contribution in [-0.4, -0.2) is 22.6 Å². The first-order valence-corrected chi connectivity index (χ1v) is 21.4. The van der Waals surface area contributed by atoms with E-state index < -0.39 is 8.07 Å². The van der Waals surface area contributed by atoms with Gasteiger partial charge >= 0.3 is 0 Å². The predicted octanol–water partition coefficient (Wildman–Crippen LogP) is 10.2. The Kier molecular flexibility index (Phi) is 6.91. The zero-order chi connectivity index (χ0) is 37.5. The van der Waals surface area contributed by atoms with Crippen LogP contribution in [0.1, 0.15) is 0 Å². The van der Waals surface area contributed by atoms with Gasteiger partial charge in [-0.1, -0.05) is 176 Å². The van der Waals surface area contributed by atoms with E-state index in [4.69, 9.17) is 14.4 Å². The van der Waals surface area contributed by atoms with Gasteiger partial charge in [0.2, 0.25) is 8.07 Å². The van der Waals surface area contributed by atoms with Crippen LogP contribution in [0.5, 0.6) is 0 Å². The van der Waals surface area contributed by atoms with Crippen LogP contribution < -0.4 is 20.9 Å². The fraction of sp³-hybridized carbons (Fsp3) is 0. The predicted molar refractivity (Wildman–Crippen MR) is 237 cm³/mol. The average Bonchev–Trinajstić information content (AvgIpc) is 3.94. The highest BCUT2D eigenvalue weighted by Gasteiger charge is 2.51. The van der Waals surface area contributed by atoms with E-state index in [1.165, 1.54) is 26.5 Å². The minimum absolute atomic E-state index is 0.720. The number of aromatic nitrogens is 3. The Bertz CT molecular complexity index is 3310. The van der Waals surface area contributed by atoms with Crippen molar-refractivity contribution < 1.29 is 4.42 Å². The Hall–Kier alpha value is -7.34. The number of rotatable bonds is 5. The Morgan fingerprint density at radius 1 is 0.456 bits per heavy atom. The molecular formula is C52H33N3OSi. The van der Waals surface area contributed by atoms with Gasteiger partial charge in [0.1, 0.15) is 5.58 Å². The molecule has 8 aromatic carbocycles. The third-order valence-electron chi connectivity index (χ3n) is 11.9. The van der Waals surface area contributed by atoms with Gasteiger partial charge in [-0.3, -0.25) is 0 Å². The summed E-state index contributed by atoms with van der Waals surface area (Å²) in [6.07, 6.45) is 0. The van der Waals surface area contributed by atoms with Crippen molar-refractivity contribution in [1.29, 1.82) is 0 Å². The Labute approximate surface area is 330 Å². The lowest BCUT2D eigenvalue weighted by Crippen LogP contribution is -2.73. The van der Waals surface area contributed by atoms with Gasteiger partial charge in [0.25, 0.3) is 0 Å². The number of benzene rings is 8. The second-order valence-corrected chi connectivity index (χ2v) is 18.5. The maximum absolute atomic E-state index is 6.78. The van der Waals surface area contributed by atoms with Crippen LogP contribution in [-0.2, 0) is 0 Å². The molecule has 0 radical (unpaired) electrons. The smallest absolute Gasteiger partial charge is 0.203 e. The highest BCUT2D eigenvalue weighted by Crippen LogP contribution is 2.44. The molecular weight excluding hydrogens is 711 g/mol. The molecule has 0 aliphatic carbocycles. The lowest BCUT2D eigenvalue weighted by molar-refractivity contribution is 0.671. The normalized spacial score (nSPS) is 13.1. The van der Waals surface area contributed by atoms with Gasteiger partial charge in [-0.05, 0) is 45.4 Å². The zero-order valence-corrected chi connectivity index (χ0v) is 31.8. The highest BCUT2D eigenvalue weighted by atomic mass is 28.3. The number of hydrogen-bond donors (Lipinski definition) is 0. The summed E-state index contributed by atoms with van der Waals surface area (Å²) >= 11 is 0. The lowest BCUT2D eigenvalue weighted by atomic mass is 9.99. The van der Waals surface area contributed by atoms with E-state index in [2.05, 4.69) is 199 Å². The quantitative estimate of drug-likeness (QED) is 0.165. The van der Waals surface area contributed by atoms with E-state index in [1.54, 1.807) is 0 Å². The lowest BCUT2D eigenvalue weighted by Gasteiger charge is -2.30. The molecule has 0 saturated heterocycles. The van der Waals surface area contributed by atoms with Gasteiger partial charge < -0.3 is 8.98 Å². The van der Waals surface area contributed by atoms with E-state index in [0.29, 0.717) is 0 Å². The Morgan fingerprint density at radius 3 is 1.82 bits per heavy atom. The van der Waals surface area contributed by atoms with Crippen LogP contribution >= 0.6 is 0 Å². The van der Waals surface area contributed by atoms with E-state index in [0.717, 1.165) is 77.6 Å². The third-order valence-corrected chi connectivity index (χ3v) is 16.6. The molecule has 266 valence electrons. The standard InChI is InChI=1S/C52H33N3OSi/c1-4-18-34(19-5-1)51-53-48(47-42-27-13-17-31-46(42)57(52(47)54-51,35-20-6-2-7-21-35)36-22-8-3-9-23-36)41-26-11-15-29-44(41)55-43-28-14-10-24-37(43)39-32-33-40-38-25-12-16-30-45(38)56-50(40)49(39)55/h1-33H. The van der Waals surface area contributed by atoms with Crippen LogP contribution in [0.2, 0.25) is 0 Å². The largest absolute Gasteiger partial charge is 0.454 e. The molecule has 0 atom stereocenters. The minimum atomic E-state index is -2.95. The third kappa shape index (κ3) is 4.49. The number of fused-ring (bicyclic) bond motifs is 10. The summed E-state index contributed by atoms with van der Waals surface area (Å²) in [6.45, 7) is 0. The highest BCUT2D eigenvalue weighted by molar-refractivity contribution is 7.21. The van der Waals surface area contributed by atoms with Crippen molar-refractivity contribution in [2.75, 3.05) is 0 Å². The summed E-state index contributed by atoms with van der Waals surface area (Å²) in [7, 11) is -2.95. The summed E-state index contributed by atoms with van der Waals surface area (Å²) in [5.74, 6) is 0.720. The molecule has 0 N–H and O–H groups in total. The van der Waals surface area contributed by atoms with E-state index in [9.17, 15) is 0 Å². The maximum atomic E-state index is 6.78. The van der Waals surface area contributed by atoms with Gasteiger partial charge in [-0.2, -0.15) is 0 Å². The van der Waals surface area contributed by atoms with Crippen molar-refractivity contribution in [3.63, 3.8) is 0 Å². The second-order valence-electron chi connectivity index (χ2n) is 14.8. The number of hydrogen-bond acceptors (Lipinski definition) is 3. The fourth-order valence-electron chi connectivity index (χ4n) is 9.53. The molecule has 12 rings (SSSR count). The first kappa shape index (κ1) is 32.0. The Morgan fingerprint density at radius 2 is 1.05 bits per heavy atom. The summed E-state index contributed by atoms with van der Waals surface area (Å²) in [4.78, 5) is 11.4. The van der Waals surface area contributed by atoms with Gasteiger partial charge in [0.15, 0.2) is 11.4 Å². The molecule has 3 aromatic heterocycles. The van der Waals surface area contributed by atoms with E-state index in [1.807, 2.05) is 6.07 Å². The summed E-state index contributed by atoms with van der Waals surface area (Å²) in [5.41, 5.74) is 10.2. The van der Waals surface area contributed by atoms with Crippen LogP contribution in [0.25, 0.3) is 83.2 Å². The Balaban J connectivity index is 1.25. The van der Waals surface area contributed by atoms with Crippen molar-refractivity contribution in [3.8, 4) is 39.5 Å². The molecule has 0 bridgehead atoms. The molecule has 5 heteroatoms. The molecule has 0 amide bonds. The van der Waals surface area contributed by atoms with Gasteiger partial charge in [-0.15, -0.1) is 0 Å². The number of para-hydroxylation sites is 3.